The average molecular weight is 444 g/mol. The van der Waals surface area contributed by atoms with Crippen LogP contribution in [0.4, 0.5) is 11.4 Å². The lowest BCUT2D eigenvalue weighted by Gasteiger charge is -2.10. The molecule has 0 radical (unpaired) electrons. The summed E-state index contributed by atoms with van der Waals surface area (Å²) in [6.45, 7) is 1.47. The summed E-state index contributed by atoms with van der Waals surface area (Å²) in [6.07, 6.45) is 0. The van der Waals surface area contributed by atoms with E-state index in [4.69, 9.17) is 23.6 Å². The quantitative estimate of drug-likeness (QED) is 0.435. The molecule has 0 saturated carbocycles. The van der Waals surface area contributed by atoms with Crippen molar-refractivity contribution in [3.63, 3.8) is 0 Å². The van der Waals surface area contributed by atoms with Crippen LogP contribution >= 0.6 is 0 Å². The second kappa shape index (κ2) is 9.48. The van der Waals surface area contributed by atoms with E-state index in [9.17, 15) is 4.79 Å². The third kappa shape index (κ3) is 4.82. The molecule has 1 amide bonds. The van der Waals surface area contributed by atoms with Crippen LogP contribution in [0, 0.1) is 0 Å². The largest absolute Gasteiger partial charge is 0.497 e. The van der Waals surface area contributed by atoms with Crippen LogP contribution in [0.1, 0.15) is 6.92 Å². The number of amides is 1. The summed E-state index contributed by atoms with van der Waals surface area (Å²) < 4.78 is 22.4. The number of hydrogen-bond acceptors (Lipinski definition) is 6. The van der Waals surface area contributed by atoms with Gasteiger partial charge in [0.2, 0.25) is 5.91 Å². The summed E-state index contributed by atoms with van der Waals surface area (Å²) >= 11 is 0. The molecule has 3 aromatic carbocycles. The highest BCUT2D eigenvalue weighted by molar-refractivity contribution is 5.88. The van der Waals surface area contributed by atoms with Gasteiger partial charge in [0.05, 0.1) is 32.4 Å². The van der Waals surface area contributed by atoms with E-state index in [1.165, 1.54) is 6.92 Å². The van der Waals surface area contributed by atoms with Crippen LogP contribution < -0.4 is 24.9 Å². The first kappa shape index (κ1) is 22.0. The first-order valence-electron chi connectivity index (χ1n) is 10.3. The summed E-state index contributed by atoms with van der Waals surface area (Å²) in [6, 6.07) is 20.4. The number of anilines is 1. The Labute approximate surface area is 191 Å². The number of rotatable bonds is 6. The molecule has 1 aromatic heterocycles. The van der Waals surface area contributed by atoms with Gasteiger partial charge < -0.3 is 23.9 Å². The maximum atomic E-state index is 11.3. The third-order valence-electron chi connectivity index (χ3n) is 5.06. The number of nitrogens with one attached hydrogen (secondary N) is 1. The molecule has 1 N–H and O–H groups in total. The van der Waals surface area contributed by atoms with Crippen LogP contribution in [0.5, 0.6) is 17.2 Å². The number of ether oxygens (including phenoxy) is 3. The minimum atomic E-state index is -0.123. The van der Waals surface area contributed by atoms with Crippen molar-refractivity contribution in [2.24, 2.45) is 4.99 Å². The first-order valence-corrected chi connectivity index (χ1v) is 10.3. The molecule has 33 heavy (non-hydrogen) atoms. The zero-order chi connectivity index (χ0) is 23.4. The van der Waals surface area contributed by atoms with E-state index in [2.05, 4.69) is 5.32 Å². The minimum Gasteiger partial charge on any atom is -0.497 e. The van der Waals surface area contributed by atoms with E-state index in [0.717, 1.165) is 16.6 Å². The Hall–Kier alpha value is -4.26. The van der Waals surface area contributed by atoms with E-state index < -0.39 is 0 Å². The van der Waals surface area contributed by atoms with Gasteiger partial charge >= 0.3 is 0 Å². The molecular weight excluding hydrogens is 420 g/mol. The molecule has 4 aromatic rings. The summed E-state index contributed by atoms with van der Waals surface area (Å²) in [4.78, 5) is 16.1. The van der Waals surface area contributed by atoms with Crippen molar-refractivity contribution in [1.29, 1.82) is 0 Å². The van der Waals surface area contributed by atoms with Gasteiger partial charge in [-0.2, -0.15) is 0 Å². The second-order valence-corrected chi connectivity index (χ2v) is 7.27. The number of hydrogen-bond donors (Lipinski definition) is 1. The molecule has 0 saturated heterocycles. The molecule has 0 aliphatic carbocycles. The summed E-state index contributed by atoms with van der Waals surface area (Å²) in [5.41, 5.74) is 2.93. The fourth-order valence-corrected chi connectivity index (χ4v) is 3.46. The molecular formula is C26H24N2O5. The van der Waals surface area contributed by atoms with Crippen molar-refractivity contribution in [2.45, 2.75) is 6.92 Å². The molecule has 4 rings (SSSR count). The highest BCUT2D eigenvalue weighted by Crippen LogP contribution is 2.33. The monoisotopic (exact) mass is 444 g/mol. The van der Waals surface area contributed by atoms with Crippen molar-refractivity contribution in [2.75, 3.05) is 26.6 Å². The number of methoxy groups -OCH3 is 3. The van der Waals surface area contributed by atoms with E-state index in [0.29, 0.717) is 39.6 Å². The van der Waals surface area contributed by atoms with Gasteiger partial charge in [-0.15, -0.1) is 0 Å². The van der Waals surface area contributed by atoms with Gasteiger partial charge in [-0.3, -0.25) is 4.79 Å². The fraction of sp³-hybridized carbons (Fsp3) is 0.154. The molecule has 0 unspecified atom stereocenters. The summed E-state index contributed by atoms with van der Waals surface area (Å²) in [5, 5.41) is 4.28. The van der Waals surface area contributed by atoms with E-state index in [1.807, 2.05) is 66.7 Å². The summed E-state index contributed by atoms with van der Waals surface area (Å²) in [7, 11) is 4.81. The Morgan fingerprint density at radius 3 is 2.27 bits per heavy atom. The van der Waals surface area contributed by atoms with Crippen molar-refractivity contribution >= 4 is 28.3 Å². The van der Waals surface area contributed by atoms with Gasteiger partial charge in [-0.25, -0.2) is 4.99 Å². The van der Waals surface area contributed by atoms with E-state index >= 15 is 0 Å². The Bertz CT molecular complexity index is 1370. The van der Waals surface area contributed by atoms with Crippen LogP contribution in [-0.2, 0) is 4.79 Å². The van der Waals surface area contributed by atoms with E-state index in [1.54, 1.807) is 21.3 Å². The van der Waals surface area contributed by atoms with Gasteiger partial charge in [0.1, 0.15) is 17.1 Å². The molecule has 168 valence electrons. The normalized spacial score (nSPS) is 11.3. The number of fused-ring (bicyclic) bond motifs is 1. The third-order valence-corrected chi connectivity index (χ3v) is 5.06. The first-order chi connectivity index (χ1) is 16.0. The Kier molecular flexibility index (Phi) is 6.31. The maximum Gasteiger partial charge on any atom is 0.221 e. The lowest BCUT2D eigenvalue weighted by molar-refractivity contribution is -0.114. The SMILES string of the molecule is COc1ccc2oc(-c3ccc(OC)c(OC)c3)cc(=Nc3ccc(NC(C)=O)cc3)c2c1. The Morgan fingerprint density at radius 1 is 0.848 bits per heavy atom. The smallest absolute Gasteiger partial charge is 0.221 e. The summed E-state index contributed by atoms with van der Waals surface area (Å²) in [5.74, 6) is 2.45. The number of carbonyl (C=O) groups is 1. The minimum absolute atomic E-state index is 0.123. The number of nitrogens with zero attached hydrogens (tertiary/aromatic N) is 1. The zero-order valence-electron chi connectivity index (χ0n) is 18.8. The predicted molar refractivity (Wildman–Crippen MR) is 127 cm³/mol. The number of benzene rings is 3. The van der Waals surface area contributed by atoms with Crippen LogP contribution in [0.3, 0.4) is 0 Å². The Morgan fingerprint density at radius 2 is 1.61 bits per heavy atom. The highest BCUT2D eigenvalue weighted by atomic mass is 16.5. The van der Waals surface area contributed by atoms with Crippen LogP contribution in [-0.4, -0.2) is 27.2 Å². The molecule has 0 aliphatic rings. The van der Waals surface area contributed by atoms with Crippen LogP contribution in [0.25, 0.3) is 22.3 Å². The molecule has 0 spiro atoms. The van der Waals surface area contributed by atoms with Crippen molar-refractivity contribution in [3.8, 4) is 28.6 Å². The highest BCUT2D eigenvalue weighted by Gasteiger charge is 2.11. The second-order valence-electron chi connectivity index (χ2n) is 7.27. The van der Waals surface area contributed by atoms with Crippen LogP contribution in [0.15, 0.2) is 76.1 Å². The van der Waals surface area contributed by atoms with Gasteiger partial charge in [-0.05, 0) is 60.7 Å². The van der Waals surface area contributed by atoms with Gasteiger partial charge in [-0.1, -0.05) is 0 Å². The Balaban J connectivity index is 1.88. The molecule has 0 aliphatic heterocycles. The van der Waals surface area contributed by atoms with E-state index in [-0.39, 0.29) is 5.91 Å². The predicted octanol–water partition coefficient (Wildman–Crippen LogP) is 5.32. The van der Waals surface area contributed by atoms with Crippen LogP contribution in [0.2, 0.25) is 0 Å². The lowest BCUT2D eigenvalue weighted by Crippen LogP contribution is -2.05. The molecule has 7 heteroatoms. The molecule has 0 fully saturated rings. The zero-order valence-corrected chi connectivity index (χ0v) is 18.8. The lowest BCUT2D eigenvalue weighted by atomic mass is 10.1. The molecule has 7 nitrogen and oxygen atoms in total. The average Bonchev–Trinajstić information content (AvgIpc) is 2.84. The molecule has 0 atom stereocenters. The fourth-order valence-electron chi connectivity index (χ4n) is 3.46. The topological polar surface area (TPSA) is 82.3 Å². The molecule has 0 bridgehead atoms. The van der Waals surface area contributed by atoms with Crippen molar-refractivity contribution < 1.29 is 23.4 Å². The molecule has 1 heterocycles. The number of carbonyl (C=O) groups excluding carboxylic acids is 1. The van der Waals surface area contributed by atoms with Gasteiger partial charge in [0.15, 0.2) is 11.5 Å². The van der Waals surface area contributed by atoms with Crippen molar-refractivity contribution in [1.82, 2.24) is 0 Å². The standard InChI is InChI=1S/C26H24N2O5/c1-16(29)27-18-6-8-19(9-7-18)28-22-15-25(17-5-11-24(31-3)26(13-17)32-4)33-23-12-10-20(30-2)14-21(22)23/h5-15H,1-4H3,(H,27,29). The van der Waals surface area contributed by atoms with Gasteiger partial charge in [0, 0.05) is 29.6 Å². The maximum absolute atomic E-state index is 11.3. The van der Waals surface area contributed by atoms with Crippen molar-refractivity contribution in [3.05, 3.63) is 72.1 Å². The van der Waals surface area contributed by atoms with Gasteiger partial charge in [0.25, 0.3) is 0 Å².